The predicted molar refractivity (Wildman–Crippen MR) is 87.8 cm³/mol. The van der Waals surface area contributed by atoms with Crippen molar-refractivity contribution in [3.8, 4) is 11.8 Å². The van der Waals surface area contributed by atoms with Crippen LogP contribution in [0.5, 0.6) is 5.75 Å². The van der Waals surface area contributed by atoms with E-state index in [1.54, 1.807) is 48.8 Å². The number of aromatic nitrogens is 1. The molecule has 0 aliphatic carbocycles. The first-order chi connectivity index (χ1) is 11.2. The highest BCUT2D eigenvalue weighted by molar-refractivity contribution is 6.06. The molecule has 0 bridgehead atoms. The number of nitrogens with one attached hydrogen (secondary N) is 2. The summed E-state index contributed by atoms with van der Waals surface area (Å²) in [5.74, 6) is 0.229. The van der Waals surface area contributed by atoms with Gasteiger partial charge in [0, 0.05) is 18.1 Å². The zero-order chi connectivity index (χ0) is 16.5. The molecular formula is C17H16N4O2. The van der Waals surface area contributed by atoms with Gasteiger partial charge in [-0.2, -0.15) is 5.26 Å². The molecule has 1 amide bonds. The molecule has 1 aromatic carbocycles. The molecule has 1 aromatic heterocycles. The Balaban J connectivity index is 2.01. The summed E-state index contributed by atoms with van der Waals surface area (Å²) in [7, 11) is 0. The van der Waals surface area contributed by atoms with Crippen LogP contribution in [0, 0.1) is 11.3 Å². The van der Waals surface area contributed by atoms with Crippen LogP contribution in [0.3, 0.4) is 0 Å². The van der Waals surface area contributed by atoms with Crippen LogP contribution in [0.1, 0.15) is 6.92 Å². The monoisotopic (exact) mass is 308 g/mol. The zero-order valence-corrected chi connectivity index (χ0v) is 12.6. The molecule has 116 valence electrons. The van der Waals surface area contributed by atoms with Crippen LogP contribution in [0.4, 0.5) is 11.4 Å². The highest BCUT2D eigenvalue weighted by Gasteiger charge is 2.09. The van der Waals surface area contributed by atoms with E-state index in [0.717, 1.165) is 5.75 Å². The summed E-state index contributed by atoms with van der Waals surface area (Å²) in [5.41, 5.74) is 1.23. The lowest BCUT2D eigenvalue weighted by molar-refractivity contribution is -0.112. The fourth-order valence-electron chi connectivity index (χ4n) is 1.75. The van der Waals surface area contributed by atoms with E-state index in [0.29, 0.717) is 18.0 Å². The van der Waals surface area contributed by atoms with E-state index in [2.05, 4.69) is 15.6 Å². The second-order valence-electron chi connectivity index (χ2n) is 4.47. The second kappa shape index (κ2) is 8.20. The van der Waals surface area contributed by atoms with Crippen LogP contribution in [0.15, 0.2) is 60.6 Å². The fraction of sp³-hybridized carbons (Fsp3) is 0.118. The number of carbonyl (C=O) groups excluding carboxylic acids is 1. The first kappa shape index (κ1) is 16.0. The highest BCUT2D eigenvalue weighted by Crippen LogP contribution is 2.16. The fourth-order valence-corrected chi connectivity index (χ4v) is 1.75. The molecule has 0 fully saturated rings. The second-order valence-corrected chi connectivity index (χ2v) is 4.47. The molecule has 0 spiro atoms. The van der Waals surface area contributed by atoms with Gasteiger partial charge in [-0.15, -0.1) is 0 Å². The number of anilines is 2. The minimum absolute atomic E-state index is 0.0391. The van der Waals surface area contributed by atoms with Crippen LogP contribution in [-0.4, -0.2) is 17.5 Å². The van der Waals surface area contributed by atoms with Crippen LogP contribution in [0.2, 0.25) is 0 Å². The Morgan fingerprint density at radius 3 is 2.70 bits per heavy atom. The number of ether oxygens (including phenoxy) is 1. The topological polar surface area (TPSA) is 87.0 Å². The van der Waals surface area contributed by atoms with Crippen molar-refractivity contribution in [2.45, 2.75) is 6.92 Å². The molecule has 2 aromatic rings. The molecule has 0 saturated heterocycles. The summed E-state index contributed by atoms with van der Waals surface area (Å²) in [4.78, 5) is 16.0. The third kappa shape index (κ3) is 4.86. The Hall–Kier alpha value is -3.33. The van der Waals surface area contributed by atoms with Gasteiger partial charge in [0.2, 0.25) is 0 Å². The third-order valence-corrected chi connectivity index (χ3v) is 2.83. The summed E-state index contributed by atoms with van der Waals surface area (Å²) < 4.78 is 5.33. The summed E-state index contributed by atoms with van der Waals surface area (Å²) in [6.45, 7) is 2.47. The van der Waals surface area contributed by atoms with Crippen molar-refractivity contribution in [3.05, 3.63) is 60.6 Å². The molecule has 0 atom stereocenters. The van der Waals surface area contributed by atoms with Crippen molar-refractivity contribution < 1.29 is 9.53 Å². The number of rotatable bonds is 6. The van der Waals surface area contributed by atoms with Gasteiger partial charge in [-0.1, -0.05) is 0 Å². The lowest BCUT2D eigenvalue weighted by Gasteiger charge is -2.07. The summed E-state index contributed by atoms with van der Waals surface area (Å²) >= 11 is 0. The maximum Gasteiger partial charge on any atom is 0.267 e. The molecule has 2 N–H and O–H groups in total. The zero-order valence-electron chi connectivity index (χ0n) is 12.6. The molecule has 1 heterocycles. The van der Waals surface area contributed by atoms with Crippen LogP contribution >= 0.6 is 0 Å². The van der Waals surface area contributed by atoms with E-state index in [-0.39, 0.29) is 5.57 Å². The number of nitrogens with zero attached hydrogens (tertiary/aromatic N) is 2. The minimum Gasteiger partial charge on any atom is -0.494 e. The first-order valence-corrected chi connectivity index (χ1v) is 7.04. The van der Waals surface area contributed by atoms with Gasteiger partial charge in [0.05, 0.1) is 18.5 Å². The van der Waals surface area contributed by atoms with E-state index in [9.17, 15) is 4.79 Å². The Morgan fingerprint density at radius 2 is 2.09 bits per heavy atom. The molecule has 0 aliphatic rings. The standard InChI is InChI=1S/C17H16N4O2/c1-2-23-16-7-5-14(6-8-16)21-17(22)13(10-18)11-20-15-4-3-9-19-12-15/h3-9,11-12,20H,2H2,1H3,(H,21,22)/b13-11-. The molecular weight excluding hydrogens is 292 g/mol. The van der Waals surface area contributed by atoms with E-state index in [1.807, 2.05) is 13.0 Å². The molecule has 2 rings (SSSR count). The minimum atomic E-state index is -0.493. The summed E-state index contributed by atoms with van der Waals surface area (Å²) in [6, 6.07) is 12.3. The lowest BCUT2D eigenvalue weighted by Crippen LogP contribution is -2.14. The maximum absolute atomic E-state index is 12.1. The Labute approximate surface area is 134 Å². The van der Waals surface area contributed by atoms with Crippen molar-refractivity contribution >= 4 is 17.3 Å². The summed E-state index contributed by atoms with van der Waals surface area (Å²) in [6.07, 6.45) is 4.58. The van der Waals surface area contributed by atoms with Gasteiger partial charge < -0.3 is 15.4 Å². The number of carbonyl (C=O) groups is 1. The molecule has 0 radical (unpaired) electrons. The van der Waals surface area contributed by atoms with E-state index in [4.69, 9.17) is 10.00 Å². The number of amides is 1. The van der Waals surface area contributed by atoms with Crippen molar-refractivity contribution in [1.82, 2.24) is 4.98 Å². The third-order valence-electron chi connectivity index (χ3n) is 2.83. The van der Waals surface area contributed by atoms with Gasteiger partial charge >= 0.3 is 0 Å². The van der Waals surface area contributed by atoms with Gasteiger partial charge in [-0.3, -0.25) is 9.78 Å². The van der Waals surface area contributed by atoms with Gasteiger partial charge in [-0.25, -0.2) is 0 Å². The Bertz CT molecular complexity index is 719. The molecule has 0 saturated carbocycles. The van der Waals surface area contributed by atoms with Gasteiger partial charge in [0.15, 0.2) is 0 Å². The molecule has 0 unspecified atom stereocenters. The molecule has 0 aliphatic heterocycles. The van der Waals surface area contributed by atoms with Gasteiger partial charge in [0.1, 0.15) is 17.4 Å². The maximum atomic E-state index is 12.1. The van der Waals surface area contributed by atoms with Crippen molar-refractivity contribution in [2.24, 2.45) is 0 Å². The number of pyridine rings is 1. The smallest absolute Gasteiger partial charge is 0.267 e. The highest BCUT2D eigenvalue weighted by atomic mass is 16.5. The van der Waals surface area contributed by atoms with Gasteiger partial charge in [-0.05, 0) is 43.3 Å². The lowest BCUT2D eigenvalue weighted by atomic mass is 10.2. The predicted octanol–water partition coefficient (Wildman–Crippen LogP) is 2.94. The van der Waals surface area contributed by atoms with Crippen LogP contribution in [0.25, 0.3) is 0 Å². The van der Waals surface area contributed by atoms with Crippen molar-refractivity contribution in [2.75, 3.05) is 17.2 Å². The quantitative estimate of drug-likeness (QED) is 0.633. The van der Waals surface area contributed by atoms with E-state index in [1.165, 1.54) is 6.20 Å². The Morgan fingerprint density at radius 1 is 1.30 bits per heavy atom. The number of benzene rings is 1. The number of nitriles is 1. The summed E-state index contributed by atoms with van der Waals surface area (Å²) in [5, 5.41) is 14.6. The number of hydrogen-bond acceptors (Lipinski definition) is 5. The average Bonchev–Trinajstić information content (AvgIpc) is 2.58. The largest absolute Gasteiger partial charge is 0.494 e. The van der Waals surface area contributed by atoms with Crippen molar-refractivity contribution in [3.63, 3.8) is 0 Å². The van der Waals surface area contributed by atoms with Gasteiger partial charge in [0.25, 0.3) is 5.91 Å². The molecule has 6 nitrogen and oxygen atoms in total. The van der Waals surface area contributed by atoms with E-state index >= 15 is 0 Å². The molecule has 23 heavy (non-hydrogen) atoms. The van der Waals surface area contributed by atoms with E-state index < -0.39 is 5.91 Å². The SMILES string of the molecule is CCOc1ccc(NC(=O)/C(C#N)=C\Nc2cccnc2)cc1. The van der Waals surface area contributed by atoms with Crippen LogP contribution in [-0.2, 0) is 4.79 Å². The average molecular weight is 308 g/mol. The van der Waals surface area contributed by atoms with Crippen LogP contribution < -0.4 is 15.4 Å². The molecule has 6 heteroatoms. The normalized spacial score (nSPS) is 10.5. The Kier molecular flexibility index (Phi) is 5.72. The number of hydrogen-bond donors (Lipinski definition) is 2. The first-order valence-electron chi connectivity index (χ1n) is 7.04. The van der Waals surface area contributed by atoms with Crippen molar-refractivity contribution in [1.29, 1.82) is 5.26 Å².